The van der Waals surface area contributed by atoms with E-state index >= 15 is 0 Å². The molecule has 2 atom stereocenters. The quantitative estimate of drug-likeness (QED) is 0.355. The summed E-state index contributed by atoms with van der Waals surface area (Å²) in [4.78, 5) is 1.57. The Morgan fingerprint density at radius 1 is 1.03 bits per heavy atom. The van der Waals surface area contributed by atoms with Crippen molar-refractivity contribution in [2.75, 3.05) is 6.23 Å². The monoisotopic (exact) mass is 483 g/mol. The highest BCUT2D eigenvalue weighted by atomic mass is 28.4. The van der Waals surface area contributed by atoms with E-state index in [1.54, 1.807) is 4.80 Å². The lowest BCUT2D eigenvalue weighted by Gasteiger charge is -2.43. The van der Waals surface area contributed by atoms with Crippen molar-refractivity contribution in [2.24, 2.45) is 5.92 Å². The van der Waals surface area contributed by atoms with Gasteiger partial charge in [-0.25, -0.2) is 0 Å². The molecule has 1 N–H and O–H groups in total. The number of phenols is 1. The van der Waals surface area contributed by atoms with Gasteiger partial charge >= 0.3 is 0 Å². The van der Waals surface area contributed by atoms with Gasteiger partial charge in [0.25, 0.3) is 0 Å². The van der Waals surface area contributed by atoms with Crippen molar-refractivity contribution in [1.29, 1.82) is 0 Å². The Morgan fingerprint density at radius 3 is 2.12 bits per heavy atom. The maximum atomic E-state index is 11.2. The molecular weight excluding hydrogens is 442 g/mol. The van der Waals surface area contributed by atoms with Gasteiger partial charge in [0, 0.05) is 6.23 Å². The molecule has 2 aromatic carbocycles. The number of aromatic nitrogens is 3. The number of rotatable bonds is 8. The van der Waals surface area contributed by atoms with Gasteiger partial charge in [0.1, 0.15) is 22.5 Å². The fraction of sp³-hybridized carbons (Fsp3) is 0.538. The Morgan fingerprint density at radius 2 is 1.61 bits per heavy atom. The third kappa shape index (κ3) is 6.13. The minimum absolute atomic E-state index is 0.250. The van der Waals surface area contributed by atoms with E-state index in [2.05, 4.69) is 77.1 Å². The Labute approximate surface area is 201 Å². The number of hydrogen-bond donors (Lipinski definition) is 1. The second kappa shape index (κ2) is 9.35. The molecule has 5 nitrogen and oxygen atoms in total. The average Bonchev–Trinajstić information content (AvgIpc) is 3.11. The van der Waals surface area contributed by atoms with E-state index in [9.17, 15) is 5.11 Å². The maximum absolute atomic E-state index is 11.2. The largest absolute Gasteiger partial charge is 0.505 e. The molecular formula is C26H41N3O2Si2. The van der Waals surface area contributed by atoms with Gasteiger partial charge in [-0.3, -0.25) is 0 Å². The second-order valence-electron chi connectivity index (χ2n) is 12.0. The number of aryl methyl sites for hydroxylation is 1. The van der Waals surface area contributed by atoms with Gasteiger partial charge in [0.2, 0.25) is 0 Å². The number of nitrogens with zero attached hydrogens (tertiary/aromatic N) is 3. The highest BCUT2D eigenvalue weighted by Crippen LogP contribution is 2.42. The van der Waals surface area contributed by atoms with Gasteiger partial charge in [-0.1, -0.05) is 58.5 Å². The smallest absolute Gasteiger partial charge is 0.183 e. The van der Waals surface area contributed by atoms with Crippen molar-refractivity contribution in [3.8, 4) is 11.4 Å². The molecule has 0 radical (unpaired) electrons. The van der Waals surface area contributed by atoms with E-state index in [1.807, 2.05) is 30.3 Å². The predicted octanol–water partition coefficient (Wildman–Crippen LogP) is 6.88. The number of benzene rings is 2. The summed E-state index contributed by atoms with van der Waals surface area (Å²) in [6.07, 6.45) is 1.73. The van der Waals surface area contributed by atoms with Crippen molar-refractivity contribution >= 4 is 27.4 Å². The lowest BCUT2D eigenvalue weighted by atomic mass is 9.99. The normalized spacial score (nSPS) is 15.5. The fourth-order valence-electron chi connectivity index (χ4n) is 4.28. The van der Waals surface area contributed by atoms with Gasteiger partial charge in [-0.2, -0.15) is 0 Å². The van der Waals surface area contributed by atoms with E-state index in [1.165, 1.54) is 0 Å². The predicted molar refractivity (Wildman–Crippen MR) is 144 cm³/mol. The summed E-state index contributed by atoms with van der Waals surface area (Å²) in [5, 5.41) is 20.6. The van der Waals surface area contributed by atoms with Crippen molar-refractivity contribution < 1.29 is 9.53 Å². The summed E-state index contributed by atoms with van der Waals surface area (Å²) in [7, 11) is -3.28. The van der Waals surface area contributed by atoms with Crippen LogP contribution in [-0.2, 0) is 10.8 Å². The lowest BCUT2D eigenvalue weighted by Crippen LogP contribution is -2.49. The number of phenolic OH excluding ortho intramolecular Hbond substituents is 1. The van der Waals surface area contributed by atoms with Crippen LogP contribution in [0.5, 0.6) is 5.75 Å². The summed E-state index contributed by atoms with van der Waals surface area (Å²) < 4.78 is 6.45. The van der Waals surface area contributed by atoms with Crippen LogP contribution in [-0.4, -0.2) is 42.7 Å². The Hall–Kier alpha value is -1.97. The van der Waals surface area contributed by atoms with Crippen LogP contribution in [0.2, 0.25) is 37.3 Å². The number of aromatic hydroxyl groups is 1. The standard InChI is InChI=1S/C26H41N3O2Si2/c1-19-14-21(15-20(2)17-33(9,26(3,4)5)18-31-32(6,7)8)25(30)24(16-19)29-27-22-12-10-11-13-23(22)28-29/h10-14,16,20,30H,15,17-18H2,1-9H3. The van der Waals surface area contributed by atoms with Gasteiger partial charge in [0.05, 0.1) is 8.07 Å². The molecule has 1 heterocycles. The van der Waals surface area contributed by atoms with E-state index in [4.69, 9.17) is 4.43 Å². The third-order valence-electron chi connectivity index (χ3n) is 6.82. The first-order valence-corrected chi connectivity index (χ1v) is 18.3. The Balaban J connectivity index is 1.86. The molecule has 0 aliphatic rings. The first-order chi connectivity index (χ1) is 15.2. The number of hydrogen-bond acceptors (Lipinski definition) is 4. The minimum atomic E-state index is -1.71. The van der Waals surface area contributed by atoms with Crippen LogP contribution in [0.4, 0.5) is 0 Å². The van der Waals surface area contributed by atoms with E-state index in [0.29, 0.717) is 11.6 Å². The molecule has 0 saturated carbocycles. The second-order valence-corrected chi connectivity index (χ2v) is 21.8. The summed E-state index contributed by atoms with van der Waals surface area (Å²) in [6.45, 7) is 20.8. The van der Waals surface area contributed by atoms with Crippen LogP contribution in [0.1, 0.15) is 38.8 Å². The fourth-order valence-corrected chi connectivity index (χ4v) is 10.1. The molecule has 0 aliphatic carbocycles. The van der Waals surface area contributed by atoms with Gasteiger partial charge in [-0.05, 0) is 73.3 Å². The van der Waals surface area contributed by atoms with Crippen molar-refractivity contribution in [2.45, 2.75) is 78.3 Å². The molecule has 1 aromatic heterocycles. The van der Waals surface area contributed by atoms with Gasteiger partial charge in [-0.15, -0.1) is 15.0 Å². The molecule has 3 aromatic rings. The zero-order chi connectivity index (χ0) is 24.6. The molecule has 2 unspecified atom stereocenters. The highest BCUT2D eigenvalue weighted by molar-refractivity contribution is 6.82. The zero-order valence-electron chi connectivity index (χ0n) is 21.9. The van der Waals surface area contributed by atoms with Crippen molar-refractivity contribution in [1.82, 2.24) is 15.0 Å². The Kier molecular flexibility index (Phi) is 7.27. The number of fused-ring (bicyclic) bond motifs is 1. The average molecular weight is 484 g/mol. The molecule has 0 bridgehead atoms. The van der Waals surface area contributed by atoms with Crippen LogP contribution in [0, 0.1) is 12.8 Å². The highest BCUT2D eigenvalue weighted by Gasteiger charge is 2.42. The molecule has 0 fully saturated rings. The molecule has 33 heavy (non-hydrogen) atoms. The SMILES string of the molecule is Cc1cc(CC(C)C[Si](C)(CO[Si](C)(C)C)C(C)(C)C)c(O)c(-n2nc3ccccc3n2)c1. The van der Waals surface area contributed by atoms with Crippen LogP contribution in [0.15, 0.2) is 36.4 Å². The summed E-state index contributed by atoms with van der Waals surface area (Å²) >= 11 is 0. The Bertz CT molecular complexity index is 1080. The van der Waals surface area contributed by atoms with Gasteiger partial charge < -0.3 is 9.53 Å². The molecule has 0 amide bonds. The summed E-state index contributed by atoms with van der Waals surface area (Å²) in [6, 6.07) is 13.0. The van der Waals surface area contributed by atoms with Crippen LogP contribution >= 0.6 is 0 Å². The molecule has 7 heteroatoms. The third-order valence-corrected chi connectivity index (χ3v) is 14.1. The van der Waals surface area contributed by atoms with E-state index < -0.39 is 16.4 Å². The first kappa shape index (κ1) is 25.7. The van der Waals surface area contributed by atoms with Crippen LogP contribution in [0.3, 0.4) is 0 Å². The molecule has 180 valence electrons. The zero-order valence-corrected chi connectivity index (χ0v) is 23.9. The first-order valence-electron chi connectivity index (χ1n) is 12.0. The summed E-state index contributed by atoms with van der Waals surface area (Å²) in [5.41, 5.74) is 4.36. The molecule has 3 rings (SSSR count). The maximum Gasteiger partial charge on any atom is 0.183 e. The topological polar surface area (TPSA) is 60.2 Å². The van der Waals surface area contributed by atoms with Gasteiger partial charge in [0.15, 0.2) is 8.32 Å². The lowest BCUT2D eigenvalue weighted by molar-refractivity contribution is 0.361. The van der Waals surface area contributed by atoms with Crippen molar-refractivity contribution in [3.63, 3.8) is 0 Å². The molecule has 0 aliphatic heterocycles. The van der Waals surface area contributed by atoms with E-state index in [-0.39, 0.29) is 10.8 Å². The minimum Gasteiger partial charge on any atom is -0.505 e. The van der Waals surface area contributed by atoms with Crippen molar-refractivity contribution in [3.05, 3.63) is 47.5 Å². The summed E-state index contributed by atoms with van der Waals surface area (Å²) in [5.74, 6) is 0.724. The van der Waals surface area contributed by atoms with Crippen LogP contribution < -0.4 is 0 Å². The van der Waals surface area contributed by atoms with Crippen LogP contribution in [0.25, 0.3) is 16.7 Å². The molecule has 0 spiro atoms. The van der Waals surface area contributed by atoms with E-state index in [0.717, 1.165) is 40.9 Å². The molecule has 0 saturated heterocycles.